The summed E-state index contributed by atoms with van der Waals surface area (Å²) in [7, 11) is 1.77. The summed E-state index contributed by atoms with van der Waals surface area (Å²) in [6.07, 6.45) is 2.67. The third-order valence-electron chi connectivity index (χ3n) is 4.61. The van der Waals surface area contributed by atoms with E-state index in [1.165, 1.54) is 24.4 Å². The summed E-state index contributed by atoms with van der Waals surface area (Å²) in [6.45, 7) is 0. The van der Waals surface area contributed by atoms with Gasteiger partial charge in [0, 0.05) is 30.8 Å². The molecule has 3 aromatic rings. The molecule has 0 radical (unpaired) electrons. The van der Waals surface area contributed by atoms with Crippen LogP contribution in [-0.2, 0) is 11.2 Å². The minimum Gasteiger partial charge on any atom is -0.453 e. The average molecular weight is 362 g/mol. The van der Waals surface area contributed by atoms with Gasteiger partial charge in [0.1, 0.15) is 23.3 Å². The van der Waals surface area contributed by atoms with Crippen molar-refractivity contribution >= 4 is 11.6 Å². The molecule has 0 saturated heterocycles. The van der Waals surface area contributed by atoms with Crippen LogP contribution in [0.1, 0.15) is 17.5 Å². The summed E-state index contributed by atoms with van der Waals surface area (Å²) in [4.78, 5) is 13.5. The zero-order valence-corrected chi connectivity index (χ0v) is 14.5. The van der Waals surface area contributed by atoms with Crippen LogP contribution < -0.4 is 9.64 Å². The fraction of sp³-hybridized carbons (Fsp3) is 0.150. The van der Waals surface area contributed by atoms with E-state index >= 15 is 0 Å². The summed E-state index contributed by atoms with van der Waals surface area (Å²) in [6, 6.07) is 11.6. The van der Waals surface area contributed by atoms with Gasteiger partial charge >= 0.3 is 0 Å². The lowest BCUT2D eigenvalue weighted by Crippen LogP contribution is -2.30. The second kappa shape index (κ2) is 6.57. The number of carbonyl (C=O) groups excluding carboxylic acids is 1. The number of nitrogens with one attached hydrogen (secondary N) is 1. The van der Waals surface area contributed by atoms with Crippen molar-refractivity contribution in [3.8, 4) is 28.8 Å². The monoisotopic (exact) mass is 362 g/mol. The number of ether oxygens (including phenoxy) is 1. The van der Waals surface area contributed by atoms with Gasteiger partial charge in [0.15, 0.2) is 5.75 Å². The van der Waals surface area contributed by atoms with E-state index in [0.717, 1.165) is 16.8 Å². The predicted molar refractivity (Wildman–Crippen MR) is 96.9 cm³/mol. The van der Waals surface area contributed by atoms with Gasteiger partial charge in [0.05, 0.1) is 11.8 Å². The van der Waals surface area contributed by atoms with Crippen molar-refractivity contribution in [2.24, 2.45) is 0 Å². The Kier molecular flexibility index (Phi) is 4.09. The summed E-state index contributed by atoms with van der Waals surface area (Å²) in [5, 5.41) is 15.8. The molecule has 0 fully saturated rings. The Balaban J connectivity index is 1.66. The summed E-state index contributed by atoms with van der Waals surface area (Å²) in [5.74, 6) is 0.182. The second-order valence-electron chi connectivity index (χ2n) is 6.26. The Bertz CT molecular complexity index is 1080. The quantitative estimate of drug-likeness (QED) is 0.768. The number of anilines is 1. The van der Waals surface area contributed by atoms with E-state index in [1.54, 1.807) is 18.0 Å². The Hall–Kier alpha value is -3.66. The van der Waals surface area contributed by atoms with E-state index in [9.17, 15) is 9.18 Å². The van der Waals surface area contributed by atoms with Gasteiger partial charge in [-0.05, 0) is 36.2 Å². The highest BCUT2D eigenvalue weighted by Gasteiger charge is 2.22. The van der Waals surface area contributed by atoms with Gasteiger partial charge in [-0.25, -0.2) is 4.39 Å². The lowest BCUT2D eigenvalue weighted by molar-refractivity contribution is -0.118. The lowest BCUT2D eigenvalue weighted by atomic mass is 9.98. The SMILES string of the molecule is CN1C(=O)CCc2cc(-c3[nH]ncc3Oc3ccc(C#N)c(F)c3)ccc21. The molecule has 27 heavy (non-hydrogen) atoms. The number of aryl methyl sites for hydroxylation is 1. The Labute approximate surface area is 154 Å². The maximum absolute atomic E-state index is 13.8. The van der Waals surface area contributed by atoms with E-state index < -0.39 is 5.82 Å². The topological polar surface area (TPSA) is 82.0 Å². The smallest absolute Gasteiger partial charge is 0.227 e. The van der Waals surface area contributed by atoms with Crippen LogP contribution >= 0.6 is 0 Å². The molecule has 1 N–H and O–H groups in total. The van der Waals surface area contributed by atoms with Gasteiger partial charge in [0.2, 0.25) is 5.91 Å². The zero-order valence-electron chi connectivity index (χ0n) is 14.5. The van der Waals surface area contributed by atoms with Gasteiger partial charge in [0.25, 0.3) is 0 Å². The van der Waals surface area contributed by atoms with Crippen LogP contribution in [0.5, 0.6) is 11.5 Å². The van der Waals surface area contributed by atoms with Gasteiger partial charge in [-0.2, -0.15) is 10.4 Å². The van der Waals surface area contributed by atoms with E-state index in [4.69, 9.17) is 10.00 Å². The molecule has 4 rings (SSSR count). The largest absolute Gasteiger partial charge is 0.453 e. The maximum atomic E-state index is 13.8. The normalized spacial score (nSPS) is 13.2. The molecule has 2 heterocycles. The number of H-pyrrole nitrogens is 1. The maximum Gasteiger partial charge on any atom is 0.227 e. The molecular weight excluding hydrogens is 347 g/mol. The number of aromatic amines is 1. The Morgan fingerprint density at radius 3 is 2.89 bits per heavy atom. The molecule has 2 aromatic carbocycles. The highest BCUT2D eigenvalue weighted by Crippen LogP contribution is 2.35. The van der Waals surface area contributed by atoms with Crippen LogP contribution in [0.15, 0.2) is 42.6 Å². The van der Waals surface area contributed by atoms with Crippen molar-refractivity contribution in [2.75, 3.05) is 11.9 Å². The first-order chi connectivity index (χ1) is 13.1. The molecule has 6 nitrogen and oxygen atoms in total. The third kappa shape index (κ3) is 3.02. The van der Waals surface area contributed by atoms with Gasteiger partial charge < -0.3 is 9.64 Å². The van der Waals surface area contributed by atoms with E-state index in [-0.39, 0.29) is 17.2 Å². The number of hydrogen-bond acceptors (Lipinski definition) is 4. The number of nitrogens with zero attached hydrogens (tertiary/aromatic N) is 3. The third-order valence-corrected chi connectivity index (χ3v) is 4.61. The predicted octanol–water partition coefficient (Wildman–Crippen LogP) is 3.79. The van der Waals surface area contributed by atoms with E-state index in [0.29, 0.717) is 24.3 Å². The van der Waals surface area contributed by atoms with Gasteiger partial charge in [-0.1, -0.05) is 6.07 Å². The number of hydrogen-bond donors (Lipinski definition) is 1. The lowest BCUT2D eigenvalue weighted by Gasteiger charge is -2.26. The standard InChI is InChI=1S/C20H15FN4O2/c1-25-17-6-3-13(8-12(17)4-7-19(25)26)20-18(11-23-24-20)27-15-5-2-14(10-22)16(21)9-15/h2-3,5-6,8-9,11H,4,7H2,1H3,(H,23,24). The fourth-order valence-electron chi connectivity index (χ4n) is 3.15. The number of carbonyl (C=O) groups is 1. The van der Waals surface area contributed by atoms with Crippen molar-refractivity contribution in [3.63, 3.8) is 0 Å². The number of benzene rings is 2. The molecule has 0 atom stereocenters. The molecule has 0 bridgehead atoms. The summed E-state index contributed by atoms with van der Waals surface area (Å²) in [5.41, 5.74) is 3.44. The molecule has 0 saturated carbocycles. The molecule has 0 aliphatic carbocycles. The van der Waals surface area contributed by atoms with Crippen molar-refractivity contribution in [2.45, 2.75) is 12.8 Å². The van der Waals surface area contributed by atoms with Crippen LogP contribution in [0.2, 0.25) is 0 Å². The first-order valence-electron chi connectivity index (χ1n) is 8.37. The molecular formula is C20H15FN4O2. The van der Waals surface area contributed by atoms with Gasteiger partial charge in [-0.15, -0.1) is 0 Å². The molecule has 0 unspecified atom stereocenters. The number of halogens is 1. The number of nitriles is 1. The number of amides is 1. The molecule has 1 aromatic heterocycles. The summed E-state index contributed by atoms with van der Waals surface area (Å²) >= 11 is 0. The van der Waals surface area contributed by atoms with Crippen LogP contribution in [-0.4, -0.2) is 23.2 Å². The molecule has 1 amide bonds. The van der Waals surface area contributed by atoms with E-state index in [2.05, 4.69) is 10.2 Å². The average Bonchev–Trinajstić information content (AvgIpc) is 3.13. The van der Waals surface area contributed by atoms with Crippen LogP contribution in [0.25, 0.3) is 11.3 Å². The number of aromatic nitrogens is 2. The van der Waals surface area contributed by atoms with Crippen molar-refractivity contribution in [1.82, 2.24) is 10.2 Å². The fourth-order valence-corrected chi connectivity index (χ4v) is 3.15. The van der Waals surface area contributed by atoms with Crippen LogP contribution in [0, 0.1) is 17.1 Å². The molecule has 134 valence electrons. The van der Waals surface area contributed by atoms with Crippen molar-refractivity contribution in [1.29, 1.82) is 5.26 Å². The molecule has 7 heteroatoms. The van der Waals surface area contributed by atoms with Crippen molar-refractivity contribution < 1.29 is 13.9 Å². The van der Waals surface area contributed by atoms with Crippen molar-refractivity contribution in [3.05, 3.63) is 59.5 Å². The Morgan fingerprint density at radius 1 is 1.26 bits per heavy atom. The van der Waals surface area contributed by atoms with Gasteiger partial charge in [-0.3, -0.25) is 9.89 Å². The first kappa shape index (κ1) is 16.8. The molecule has 0 spiro atoms. The molecule has 1 aliphatic rings. The second-order valence-corrected chi connectivity index (χ2v) is 6.26. The zero-order chi connectivity index (χ0) is 19.0. The van der Waals surface area contributed by atoms with Crippen LogP contribution in [0.3, 0.4) is 0 Å². The Morgan fingerprint density at radius 2 is 2.11 bits per heavy atom. The van der Waals surface area contributed by atoms with E-state index in [1.807, 2.05) is 18.2 Å². The highest BCUT2D eigenvalue weighted by molar-refractivity contribution is 5.96. The minimum atomic E-state index is -0.637. The first-order valence-corrected chi connectivity index (χ1v) is 8.37. The number of fused-ring (bicyclic) bond motifs is 1. The molecule has 1 aliphatic heterocycles. The number of rotatable bonds is 3. The minimum absolute atomic E-state index is 0.0388. The highest BCUT2D eigenvalue weighted by atomic mass is 19.1. The summed E-state index contributed by atoms with van der Waals surface area (Å²) < 4.78 is 19.6. The van der Waals surface area contributed by atoms with Crippen LogP contribution in [0.4, 0.5) is 10.1 Å².